The molecule has 1 fully saturated rings. The molecular weight excluding hydrogens is 350 g/mol. The summed E-state index contributed by atoms with van der Waals surface area (Å²) in [6, 6.07) is 0. The van der Waals surface area contributed by atoms with E-state index in [0.29, 0.717) is 6.42 Å². The van der Waals surface area contributed by atoms with Gasteiger partial charge in [0.15, 0.2) is 4.58 Å². The molecule has 0 unspecified atom stereocenters. The van der Waals surface area contributed by atoms with E-state index in [2.05, 4.69) is 0 Å². The maximum atomic E-state index is 12.5. The third kappa shape index (κ3) is 3.46. The lowest BCUT2D eigenvalue weighted by atomic mass is 9.91. The molecule has 1 aliphatic rings. The average Bonchev–Trinajstić information content (AvgIpc) is 2.26. The van der Waals surface area contributed by atoms with E-state index in [1.807, 2.05) is 0 Å². The molecule has 0 N–H and O–H groups in total. The normalized spacial score (nSPS) is 20.0. The van der Waals surface area contributed by atoms with Crippen LogP contribution >= 0.6 is 0 Å². The zero-order valence-corrected chi connectivity index (χ0v) is 12.0. The van der Waals surface area contributed by atoms with Gasteiger partial charge in [-0.25, -0.2) is 16.8 Å². The summed E-state index contributed by atoms with van der Waals surface area (Å²) in [5, 5.41) is 0. The fourth-order valence-corrected chi connectivity index (χ4v) is 6.42. The van der Waals surface area contributed by atoms with E-state index in [9.17, 15) is 43.2 Å². The smallest absolute Gasteiger partial charge is 0.218 e. The van der Waals surface area contributed by atoms with E-state index in [0.717, 1.165) is 0 Å². The Morgan fingerprint density at radius 3 is 1.33 bits per heavy atom. The molecule has 0 aliphatic heterocycles. The standard InChI is InChI=1S/C9H12F6O4S2/c10-8(11,12)20(16,17)7(6-4-2-1-3-5-6)21(18,19)9(13,14)15/h6-7H,1-5H2. The van der Waals surface area contributed by atoms with Crippen LogP contribution in [-0.2, 0) is 19.7 Å². The molecule has 0 aromatic rings. The van der Waals surface area contributed by atoms with Crippen LogP contribution in [0.5, 0.6) is 0 Å². The zero-order valence-electron chi connectivity index (χ0n) is 10.4. The Bertz CT molecular complexity index is 524. The van der Waals surface area contributed by atoms with Gasteiger partial charge in [0.25, 0.3) is 19.7 Å². The van der Waals surface area contributed by atoms with Crippen molar-refractivity contribution in [2.24, 2.45) is 5.92 Å². The minimum Gasteiger partial charge on any atom is -0.218 e. The summed E-state index contributed by atoms with van der Waals surface area (Å²) < 4.78 is 117. The van der Waals surface area contributed by atoms with Crippen molar-refractivity contribution in [1.29, 1.82) is 0 Å². The van der Waals surface area contributed by atoms with Crippen LogP contribution in [0.3, 0.4) is 0 Å². The minimum atomic E-state index is -6.49. The second-order valence-electron chi connectivity index (χ2n) is 4.75. The van der Waals surface area contributed by atoms with Gasteiger partial charge in [0.1, 0.15) is 0 Å². The van der Waals surface area contributed by atoms with Crippen molar-refractivity contribution in [3.63, 3.8) is 0 Å². The van der Waals surface area contributed by atoms with Crippen LogP contribution in [0.4, 0.5) is 26.3 Å². The van der Waals surface area contributed by atoms with Gasteiger partial charge >= 0.3 is 11.0 Å². The summed E-state index contributed by atoms with van der Waals surface area (Å²) in [6.07, 6.45) is 0.246. The van der Waals surface area contributed by atoms with E-state index < -0.39 is 41.2 Å². The van der Waals surface area contributed by atoms with Gasteiger partial charge in [-0.2, -0.15) is 26.3 Å². The SMILES string of the molecule is O=S(=O)(C(C1CCCCC1)S(=O)(=O)C(F)(F)F)C(F)(F)F. The minimum absolute atomic E-state index is 0.182. The Balaban J connectivity index is 3.45. The first-order valence-electron chi connectivity index (χ1n) is 5.83. The molecule has 0 spiro atoms. The van der Waals surface area contributed by atoms with E-state index in [4.69, 9.17) is 0 Å². The molecule has 0 atom stereocenters. The molecular formula is C9H12F6O4S2. The molecule has 0 bridgehead atoms. The molecule has 1 aliphatic carbocycles. The van der Waals surface area contributed by atoms with Crippen molar-refractivity contribution in [3.8, 4) is 0 Å². The molecule has 0 aromatic carbocycles. The predicted molar refractivity (Wildman–Crippen MR) is 60.3 cm³/mol. The number of alkyl halides is 6. The van der Waals surface area contributed by atoms with Gasteiger partial charge in [-0.3, -0.25) is 0 Å². The molecule has 0 heterocycles. The Morgan fingerprint density at radius 1 is 0.714 bits per heavy atom. The molecule has 1 rings (SSSR count). The zero-order chi connectivity index (χ0) is 16.7. The second-order valence-corrected chi connectivity index (χ2v) is 9.17. The Hall–Kier alpha value is -0.520. The molecule has 0 radical (unpaired) electrons. The number of hydrogen-bond acceptors (Lipinski definition) is 4. The topological polar surface area (TPSA) is 68.3 Å². The van der Waals surface area contributed by atoms with Gasteiger partial charge in [0.05, 0.1) is 0 Å². The third-order valence-corrected chi connectivity index (χ3v) is 8.10. The summed E-state index contributed by atoms with van der Waals surface area (Å²) in [7, 11) is -13.0. The van der Waals surface area contributed by atoms with Crippen molar-refractivity contribution in [2.75, 3.05) is 0 Å². The summed E-state index contributed by atoms with van der Waals surface area (Å²) >= 11 is 0. The van der Waals surface area contributed by atoms with Crippen LogP contribution in [0, 0.1) is 5.92 Å². The molecule has 0 aromatic heterocycles. The van der Waals surface area contributed by atoms with Crippen LogP contribution in [0.15, 0.2) is 0 Å². The van der Waals surface area contributed by atoms with Crippen molar-refractivity contribution in [2.45, 2.75) is 47.7 Å². The summed E-state index contributed by atoms with van der Waals surface area (Å²) in [5.74, 6) is -1.71. The Labute approximate surface area is 117 Å². The van der Waals surface area contributed by atoms with Gasteiger partial charge in [-0.1, -0.05) is 19.3 Å². The van der Waals surface area contributed by atoms with E-state index in [1.165, 1.54) is 0 Å². The molecule has 21 heavy (non-hydrogen) atoms. The van der Waals surface area contributed by atoms with Crippen LogP contribution in [0.2, 0.25) is 0 Å². The summed E-state index contributed by atoms with van der Waals surface area (Å²) in [4.78, 5) is 0. The van der Waals surface area contributed by atoms with Crippen LogP contribution < -0.4 is 0 Å². The molecule has 4 nitrogen and oxygen atoms in total. The van der Waals surface area contributed by atoms with Crippen LogP contribution in [0.1, 0.15) is 32.1 Å². The van der Waals surface area contributed by atoms with Gasteiger partial charge in [0, 0.05) is 0 Å². The lowest BCUT2D eigenvalue weighted by Crippen LogP contribution is -2.49. The van der Waals surface area contributed by atoms with Gasteiger partial charge in [-0.15, -0.1) is 0 Å². The highest BCUT2D eigenvalue weighted by atomic mass is 32.3. The molecule has 12 heteroatoms. The monoisotopic (exact) mass is 362 g/mol. The van der Waals surface area contributed by atoms with Crippen LogP contribution in [-0.4, -0.2) is 32.4 Å². The number of sulfone groups is 2. The maximum absolute atomic E-state index is 12.5. The summed E-state index contributed by atoms with van der Waals surface area (Å²) in [5.41, 5.74) is -12.1. The Morgan fingerprint density at radius 2 is 1.05 bits per heavy atom. The summed E-state index contributed by atoms with van der Waals surface area (Å²) in [6.45, 7) is 0. The van der Waals surface area contributed by atoms with Gasteiger partial charge in [-0.05, 0) is 18.8 Å². The highest BCUT2D eigenvalue weighted by molar-refractivity contribution is 8.09. The second kappa shape index (κ2) is 5.60. The van der Waals surface area contributed by atoms with E-state index in [1.54, 1.807) is 0 Å². The average molecular weight is 362 g/mol. The fraction of sp³-hybridized carbons (Fsp3) is 1.00. The fourth-order valence-electron chi connectivity index (χ4n) is 2.34. The first kappa shape index (κ1) is 18.5. The number of hydrogen-bond donors (Lipinski definition) is 0. The molecule has 0 amide bonds. The van der Waals surface area contributed by atoms with E-state index in [-0.39, 0.29) is 25.7 Å². The highest BCUT2D eigenvalue weighted by Crippen LogP contribution is 2.43. The quantitative estimate of drug-likeness (QED) is 0.724. The number of rotatable bonds is 3. The third-order valence-electron chi connectivity index (χ3n) is 3.29. The number of halogens is 6. The molecule has 0 saturated heterocycles. The van der Waals surface area contributed by atoms with Gasteiger partial charge in [0.2, 0.25) is 0 Å². The first-order valence-corrected chi connectivity index (χ1v) is 8.92. The lowest BCUT2D eigenvalue weighted by Gasteiger charge is -2.30. The largest absolute Gasteiger partial charge is 0.498 e. The Kier molecular flexibility index (Phi) is 4.94. The lowest BCUT2D eigenvalue weighted by molar-refractivity contribution is -0.0481. The highest BCUT2D eigenvalue weighted by Gasteiger charge is 2.64. The van der Waals surface area contributed by atoms with Crippen molar-refractivity contribution >= 4 is 19.7 Å². The van der Waals surface area contributed by atoms with Crippen LogP contribution in [0.25, 0.3) is 0 Å². The molecule has 1 saturated carbocycles. The van der Waals surface area contributed by atoms with Gasteiger partial charge < -0.3 is 0 Å². The maximum Gasteiger partial charge on any atom is 0.498 e. The van der Waals surface area contributed by atoms with Crippen molar-refractivity contribution in [1.82, 2.24) is 0 Å². The predicted octanol–water partition coefficient (Wildman–Crippen LogP) is 2.76. The molecule has 126 valence electrons. The van der Waals surface area contributed by atoms with Crippen molar-refractivity contribution < 1.29 is 43.2 Å². The van der Waals surface area contributed by atoms with Crippen molar-refractivity contribution in [3.05, 3.63) is 0 Å². The van der Waals surface area contributed by atoms with E-state index >= 15 is 0 Å². The first-order chi connectivity index (χ1) is 9.23.